The van der Waals surface area contributed by atoms with Crippen LogP contribution in [-0.4, -0.2) is 21.7 Å². The van der Waals surface area contributed by atoms with E-state index in [9.17, 15) is 4.79 Å². The van der Waals surface area contributed by atoms with Crippen LogP contribution < -0.4 is 5.32 Å². The van der Waals surface area contributed by atoms with Crippen molar-refractivity contribution >= 4 is 21.8 Å². The lowest BCUT2D eigenvalue weighted by molar-refractivity contribution is -0.122. The molecule has 1 amide bonds. The van der Waals surface area contributed by atoms with Crippen LogP contribution in [0, 0.1) is 0 Å². The molecule has 1 heterocycles. The Bertz CT molecular complexity index is 594. The second-order valence-corrected chi connectivity index (χ2v) is 5.73. The number of nitrogens with one attached hydrogen (secondary N) is 1. The number of amides is 1. The minimum Gasteiger partial charge on any atom is -0.352 e. The average molecular weight is 336 g/mol. The Kier molecular flexibility index (Phi) is 4.95. The topological polar surface area (TPSA) is 46.9 Å². The minimum absolute atomic E-state index is 0.0109. The van der Waals surface area contributed by atoms with Crippen LogP contribution in [0.3, 0.4) is 0 Å². The van der Waals surface area contributed by atoms with E-state index in [2.05, 4.69) is 26.3 Å². The fraction of sp³-hybridized carbons (Fsp3) is 0.333. The largest absolute Gasteiger partial charge is 0.352 e. The molecule has 0 radical (unpaired) electrons. The predicted octanol–water partition coefficient (Wildman–Crippen LogP) is 3.23. The van der Waals surface area contributed by atoms with E-state index in [0.29, 0.717) is 0 Å². The van der Waals surface area contributed by atoms with Gasteiger partial charge < -0.3 is 5.32 Å². The lowest BCUT2D eigenvalue weighted by Crippen LogP contribution is -2.34. The van der Waals surface area contributed by atoms with Gasteiger partial charge in [-0.15, -0.1) is 0 Å². The number of carbonyl (C=O) groups is 1. The van der Waals surface area contributed by atoms with E-state index in [1.807, 2.05) is 44.3 Å². The smallest absolute Gasteiger partial charge is 0.241 e. The minimum atomic E-state index is -0.0109. The number of hydrogen-bond acceptors (Lipinski definition) is 2. The third-order valence-electron chi connectivity index (χ3n) is 3.12. The van der Waals surface area contributed by atoms with Crippen molar-refractivity contribution in [2.75, 3.05) is 0 Å². The molecule has 0 saturated carbocycles. The zero-order valence-electron chi connectivity index (χ0n) is 11.6. The van der Waals surface area contributed by atoms with Gasteiger partial charge in [0.25, 0.3) is 0 Å². The standard InChI is InChI=1S/C15H18BrN3O/c1-3-11(2)18-15(20)10-19-9-13(8-17-19)12-5-4-6-14(16)7-12/h4-9,11H,3,10H2,1-2H3,(H,18,20). The molecule has 2 aromatic rings. The quantitative estimate of drug-likeness (QED) is 0.911. The fourth-order valence-corrected chi connectivity index (χ4v) is 2.24. The molecule has 1 aromatic carbocycles. The van der Waals surface area contributed by atoms with Crippen molar-refractivity contribution in [3.8, 4) is 11.1 Å². The molecule has 2 rings (SSSR count). The van der Waals surface area contributed by atoms with Crippen LogP contribution in [0.5, 0.6) is 0 Å². The third kappa shape index (κ3) is 3.93. The molecule has 106 valence electrons. The first-order chi connectivity index (χ1) is 9.58. The number of hydrogen-bond donors (Lipinski definition) is 1. The number of carbonyl (C=O) groups excluding carboxylic acids is 1. The maximum Gasteiger partial charge on any atom is 0.241 e. The van der Waals surface area contributed by atoms with Crippen LogP contribution in [0.2, 0.25) is 0 Å². The zero-order valence-corrected chi connectivity index (χ0v) is 13.2. The summed E-state index contributed by atoms with van der Waals surface area (Å²) in [6, 6.07) is 8.20. The SMILES string of the molecule is CCC(C)NC(=O)Cn1cc(-c2cccc(Br)c2)cn1. The summed E-state index contributed by atoms with van der Waals surface area (Å²) in [5.74, 6) is -0.0109. The number of benzene rings is 1. The molecule has 0 aliphatic rings. The first-order valence-corrected chi connectivity index (χ1v) is 7.45. The summed E-state index contributed by atoms with van der Waals surface area (Å²) >= 11 is 3.45. The van der Waals surface area contributed by atoms with Crippen LogP contribution in [-0.2, 0) is 11.3 Å². The highest BCUT2D eigenvalue weighted by atomic mass is 79.9. The monoisotopic (exact) mass is 335 g/mol. The van der Waals surface area contributed by atoms with Crippen LogP contribution in [0.25, 0.3) is 11.1 Å². The Morgan fingerprint density at radius 1 is 1.45 bits per heavy atom. The van der Waals surface area contributed by atoms with Crippen LogP contribution in [0.1, 0.15) is 20.3 Å². The van der Waals surface area contributed by atoms with E-state index >= 15 is 0 Å². The molecule has 0 fully saturated rings. The molecule has 1 N–H and O–H groups in total. The van der Waals surface area contributed by atoms with Crippen LogP contribution >= 0.6 is 15.9 Å². The van der Waals surface area contributed by atoms with Gasteiger partial charge in [0, 0.05) is 22.3 Å². The Morgan fingerprint density at radius 2 is 2.25 bits per heavy atom. The molecule has 1 aromatic heterocycles. The van der Waals surface area contributed by atoms with Crippen molar-refractivity contribution < 1.29 is 4.79 Å². The van der Waals surface area contributed by atoms with E-state index in [1.165, 1.54) is 0 Å². The summed E-state index contributed by atoms with van der Waals surface area (Å²) in [4.78, 5) is 11.8. The molecule has 0 spiro atoms. The molecule has 0 aliphatic heterocycles. The normalized spacial score (nSPS) is 12.2. The summed E-state index contributed by atoms with van der Waals surface area (Å²) in [5.41, 5.74) is 2.08. The van der Waals surface area contributed by atoms with Crippen LogP contribution in [0.15, 0.2) is 41.1 Å². The highest BCUT2D eigenvalue weighted by Crippen LogP contribution is 2.22. The molecule has 5 heteroatoms. The molecular formula is C15H18BrN3O. The second kappa shape index (κ2) is 6.70. The van der Waals surface area contributed by atoms with E-state index in [0.717, 1.165) is 22.0 Å². The molecule has 0 bridgehead atoms. The molecular weight excluding hydrogens is 318 g/mol. The van der Waals surface area contributed by atoms with E-state index in [4.69, 9.17) is 0 Å². The van der Waals surface area contributed by atoms with Crippen molar-refractivity contribution in [1.29, 1.82) is 0 Å². The van der Waals surface area contributed by atoms with Crippen molar-refractivity contribution in [2.24, 2.45) is 0 Å². The second-order valence-electron chi connectivity index (χ2n) is 4.81. The number of rotatable bonds is 5. The Morgan fingerprint density at radius 3 is 2.95 bits per heavy atom. The van der Waals surface area contributed by atoms with Gasteiger partial charge in [0.2, 0.25) is 5.91 Å². The molecule has 1 atom stereocenters. The van der Waals surface area contributed by atoms with Gasteiger partial charge in [-0.05, 0) is 31.0 Å². The Labute approximate surface area is 127 Å². The van der Waals surface area contributed by atoms with Gasteiger partial charge >= 0.3 is 0 Å². The van der Waals surface area contributed by atoms with Gasteiger partial charge in [-0.1, -0.05) is 35.0 Å². The molecule has 1 unspecified atom stereocenters. The number of halogens is 1. The first kappa shape index (κ1) is 14.8. The third-order valence-corrected chi connectivity index (χ3v) is 3.61. The van der Waals surface area contributed by atoms with Gasteiger partial charge in [-0.25, -0.2) is 0 Å². The summed E-state index contributed by atoms with van der Waals surface area (Å²) in [7, 11) is 0. The fourth-order valence-electron chi connectivity index (χ4n) is 1.84. The lowest BCUT2D eigenvalue weighted by atomic mass is 10.1. The summed E-state index contributed by atoms with van der Waals surface area (Å²) < 4.78 is 2.69. The maximum absolute atomic E-state index is 11.8. The Balaban J connectivity index is 2.04. The van der Waals surface area contributed by atoms with Gasteiger partial charge in [0.05, 0.1) is 6.20 Å². The van der Waals surface area contributed by atoms with Gasteiger partial charge in [0.1, 0.15) is 6.54 Å². The number of aromatic nitrogens is 2. The van der Waals surface area contributed by atoms with Gasteiger partial charge in [-0.2, -0.15) is 5.10 Å². The van der Waals surface area contributed by atoms with E-state index < -0.39 is 0 Å². The molecule has 4 nitrogen and oxygen atoms in total. The highest BCUT2D eigenvalue weighted by molar-refractivity contribution is 9.10. The zero-order chi connectivity index (χ0) is 14.5. The molecule has 0 saturated heterocycles. The number of nitrogens with zero attached hydrogens (tertiary/aromatic N) is 2. The van der Waals surface area contributed by atoms with Crippen molar-refractivity contribution in [1.82, 2.24) is 15.1 Å². The van der Waals surface area contributed by atoms with Gasteiger partial charge in [0.15, 0.2) is 0 Å². The average Bonchev–Trinajstić information content (AvgIpc) is 2.87. The van der Waals surface area contributed by atoms with E-state index in [1.54, 1.807) is 10.9 Å². The van der Waals surface area contributed by atoms with E-state index in [-0.39, 0.29) is 18.5 Å². The summed E-state index contributed by atoms with van der Waals surface area (Å²) in [6.45, 7) is 4.29. The summed E-state index contributed by atoms with van der Waals surface area (Å²) in [5, 5.41) is 7.16. The van der Waals surface area contributed by atoms with Crippen molar-refractivity contribution in [3.05, 3.63) is 41.1 Å². The van der Waals surface area contributed by atoms with Crippen LogP contribution in [0.4, 0.5) is 0 Å². The van der Waals surface area contributed by atoms with Crippen molar-refractivity contribution in [2.45, 2.75) is 32.9 Å². The summed E-state index contributed by atoms with van der Waals surface area (Å²) in [6.07, 6.45) is 4.59. The maximum atomic E-state index is 11.8. The highest BCUT2D eigenvalue weighted by Gasteiger charge is 2.08. The first-order valence-electron chi connectivity index (χ1n) is 6.66. The predicted molar refractivity (Wildman–Crippen MR) is 83.3 cm³/mol. The molecule has 0 aliphatic carbocycles. The lowest BCUT2D eigenvalue weighted by Gasteiger charge is -2.10. The van der Waals surface area contributed by atoms with Crippen molar-refractivity contribution in [3.63, 3.8) is 0 Å². The van der Waals surface area contributed by atoms with Gasteiger partial charge in [-0.3, -0.25) is 9.48 Å². The Hall–Kier alpha value is -1.62. The molecule has 20 heavy (non-hydrogen) atoms.